The van der Waals surface area contributed by atoms with E-state index in [1.807, 2.05) is 17.9 Å². The third-order valence-electron chi connectivity index (χ3n) is 5.87. The van der Waals surface area contributed by atoms with Crippen molar-refractivity contribution < 1.29 is 13.2 Å². The number of rotatable bonds is 7. The van der Waals surface area contributed by atoms with Gasteiger partial charge < -0.3 is 9.47 Å². The minimum absolute atomic E-state index is 0.196. The standard InChI is InChI=1S/C21H32N4O3S/c1-5-16-9-7-8-14-25(16)21(26)13-12-20-22-18-15-17(29(27,28)23(3)4)10-11-19(18)24(20)6-2/h10-11,15-16H,5-9,12-14H2,1-4H3. The van der Waals surface area contributed by atoms with Crippen molar-refractivity contribution in [2.45, 2.75) is 69.9 Å². The van der Waals surface area contributed by atoms with Gasteiger partial charge in [0.1, 0.15) is 5.82 Å². The summed E-state index contributed by atoms with van der Waals surface area (Å²) in [7, 11) is -0.466. The van der Waals surface area contributed by atoms with Crippen LogP contribution in [0.15, 0.2) is 23.1 Å². The van der Waals surface area contributed by atoms with E-state index in [9.17, 15) is 13.2 Å². The maximum atomic E-state index is 12.8. The van der Waals surface area contributed by atoms with Crippen LogP contribution in [0, 0.1) is 0 Å². The number of aromatic nitrogens is 2. The SMILES string of the molecule is CCC1CCCCN1C(=O)CCc1nc2cc(S(=O)(=O)N(C)C)ccc2n1CC. The van der Waals surface area contributed by atoms with Gasteiger partial charge in [0.25, 0.3) is 0 Å². The Morgan fingerprint density at radius 3 is 2.66 bits per heavy atom. The minimum Gasteiger partial charge on any atom is -0.340 e. The maximum Gasteiger partial charge on any atom is 0.242 e. The molecule has 1 aromatic carbocycles. The number of likely N-dealkylation sites (tertiary alicyclic amines) is 1. The third kappa shape index (κ3) is 4.33. The second kappa shape index (κ2) is 8.83. The number of piperidine rings is 1. The van der Waals surface area contributed by atoms with E-state index in [-0.39, 0.29) is 10.8 Å². The summed E-state index contributed by atoms with van der Waals surface area (Å²) >= 11 is 0. The van der Waals surface area contributed by atoms with Gasteiger partial charge in [0.15, 0.2) is 0 Å². The van der Waals surface area contributed by atoms with Crippen molar-refractivity contribution in [3.63, 3.8) is 0 Å². The van der Waals surface area contributed by atoms with E-state index in [1.165, 1.54) is 24.8 Å². The average Bonchev–Trinajstić information content (AvgIpc) is 3.08. The highest BCUT2D eigenvalue weighted by Gasteiger charge is 2.25. The number of sulfonamides is 1. The summed E-state index contributed by atoms with van der Waals surface area (Å²) in [5.41, 5.74) is 1.55. The molecule has 0 spiro atoms. The normalized spacial score (nSPS) is 18.0. The highest BCUT2D eigenvalue weighted by molar-refractivity contribution is 7.89. The molecule has 1 atom stereocenters. The number of aryl methyl sites for hydroxylation is 2. The molecule has 0 N–H and O–H groups in total. The van der Waals surface area contributed by atoms with Gasteiger partial charge in [-0.2, -0.15) is 0 Å². The summed E-state index contributed by atoms with van der Waals surface area (Å²) in [5.74, 6) is 1.03. The molecule has 160 valence electrons. The summed E-state index contributed by atoms with van der Waals surface area (Å²) in [5, 5.41) is 0. The Balaban J connectivity index is 1.83. The van der Waals surface area contributed by atoms with Crippen LogP contribution < -0.4 is 0 Å². The number of amides is 1. The van der Waals surface area contributed by atoms with Crippen molar-refractivity contribution in [1.29, 1.82) is 0 Å². The van der Waals surface area contributed by atoms with E-state index in [0.29, 0.717) is 24.4 Å². The number of imidazole rings is 1. The van der Waals surface area contributed by atoms with Gasteiger partial charge in [-0.05, 0) is 50.8 Å². The van der Waals surface area contributed by atoms with E-state index in [0.717, 1.165) is 43.7 Å². The zero-order valence-corrected chi connectivity index (χ0v) is 18.7. The van der Waals surface area contributed by atoms with Crippen LogP contribution in [0.25, 0.3) is 11.0 Å². The molecule has 1 saturated heterocycles. The number of fused-ring (bicyclic) bond motifs is 1. The molecule has 7 nitrogen and oxygen atoms in total. The largest absolute Gasteiger partial charge is 0.340 e. The number of benzene rings is 1. The molecule has 2 heterocycles. The zero-order chi connectivity index (χ0) is 21.2. The number of hydrogen-bond acceptors (Lipinski definition) is 4. The van der Waals surface area contributed by atoms with Crippen molar-refractivity contribution in [1.82, 2.24) is 18.8 Å². The van der Waals surface area contributed by atoms with Gasteiger partial charge in [-0.3, -0.25) is 4.79 Å². The van der Waals surface area contributed by atoms with E-state index in [2.05, 4.69) is 16.5 Å². The van der Waals surface area contributed by atoms with Gasteiger partial charge in [0, 0.05) is 46.1 Å². The first-order chi connectivity index (χ1) is 13.8. The number of hydrogen-bond donors (Lipinski definition) is 0. The van der Waals surface area contributed by atoms with Crippen molar-refractivity contribution in [3.8, 4) is 0 Å². The molecule has 29 heavy (non-hydrogen) atoms. The molecule has 0 aliphatic carbocycles. The summed E-state index contributed by atoms with van der Waals surface area (Å²) in [4.78, 5) is 19.8. The van der Waals surface area contributed by atoms with Crippen LogP contribution in [0.4, 0.5) is 0 Å². The molecule has 8 heteroatoms. The van der Waals surface area contributed by atoms with Crippen molar-refractivity contribution in [2.24, 2.45) is 0 Å². The lowest BCUT2D eigenvalue weighted by molar-refractivity contribution is -0.134. The monoisotopic (exact) mass is 420 g/mol. The second-order valence-corrected chi connectivity index (χ2v) is 10.0. The van der Waals surface area contributed by atoms with Gasteiger partial charge in [-0.15, -0.1) is 0 Å². The molecule has 1 amide bonds. The van der Waals surface area contributed by atoms with Crippen LogP contribution in [0.1, 0.15) is 51.8 Å². The number of carbonyl (C=O) groups excluding carboxylic acids is 1. The van der Waals surface area contributed by atoms with Gasteiger partial charge in [-0.25, -0.2) is 17.7 Å². The predicted molar refractivity (Wildman–Crippen MR) is 114 cm³/mol. The first-order valence-electron chi connectivity index (χ1n) is 10.5. The molecule has 3 rings (SSSR count). The zero-order valence-electron chi connectivity index (χ0n) is 17.9. The number of carbonyl (C=O) groups is 1. The van der Waals surface area contributed by atoms with Crippen LogP contribution in [0.3, 0.4) is 0 Å². The summed E-state index contributed by atoms with van der Waals surface area (Å²) in [6.45, 7) is 5.76. The number of nitrogens with zero attached hydrogens (tertiary/aromatic N) is 4. The Hall–Kier alpha value is -1.93. The van der Waals surface area contributed by atoms with Crippen LogP contribution in [-0.4, -0.2) is 59.8 Å². The quantitative estimate of drug-likeness (QED) is 0.690. The van der Waals surface area contributed by atoms with Crippen LogP contribution >= 0.6 is 0 Å². The maximum absolute atomic E-state index is 12.8. The van der Waals surface area contributed by atoms with E-state index in [1.54, 1.807) is 12.1 Å². The molecule has 1 aromatic heterocycles. The fraction of sp³-hybridized carbons (Fsp3) is 0.619. The first-order valence-corrected chi connectivity index (χ1v) is 11.9. The fourth-order valence-corrected chi connectivity index (χ4v) is 5.11. The van der Waals surface area contributed by atoms with Gasteiger partial charge in [-0.1, -0.05) is 6.92 Å². The lowest BCUT2D eigenvalue weighted by atomic mass is 9.99. The topological polar surface area (TPSA) is 75.5 Å². The van der Waals surface area contributed by atoms with Crippen molar-refractivity contribution >= 4 is 27.0 Å². The molecule has 1 fully saturated rings. The highest BCUT2D eigenvalue weighted by atomic mass is 32.2. The fourth-order valence-electron chi connectivity index (χ4n) is 4.19. The van der Waals surface area contributed by atoms with Crippen LogP contribution in [-0.2, 0) is 27.8 Å². The Morgan fingerprint density at radius 2 is 2.00 bits per heavy atom. The molecule has 2 aromatic rings. The summed E-state index contributed by atoms with van der Waals surface area (Å²) < 4.78 is 28.1. The average molecular weight is 421 g/mol. The predicted octanol–water partition coefficient (Wildman–Crippen LogP) is 3.03. The summed E-state index contributed by atoms with van der Waals surface area (Å²) in [6, 6.07) is 5.42. The molecule has 1 aliphatic heterocycles. The molecule has 1 unspecified atom stereocenters. The lowest BCUT2D eigenvalue weighted by Gasteiger charge is -2.35. The second-order valence-electron chi connectivity index (χ2n) is 7.86. The molecule has 1 aliphatic rings. The Labute approximate surface area is 173 Å². The minimum atomic E-state index is -3.50. The first kappa shape index (κ1) is 21.8. The molecular formula is C21H32N4O3S. The molecule has 0 saturated carbocycles. The van der Waals surface area contributed by atoms with Crippen molar-refractivity contribution in [3.05, 3.63) is 24.0 Å². The highest BCUT2D eigenvalue weighted by Crippen LogP contribution is 2.24. The van der Waals surface area contributed by atoms with E-state index >= 15 is 0 Å². The summed E-state index contributed by atoms with van der Waals surface area (Å²) in [6.07, 6.45) is 5.37. The third-order valence-corrected chi connectivity index (χ3v) is 7.69. The van der Waals surface area contributed by atoms with Gasteiger partial charge in [0.2, 0.25) is 15.9 Å². The lowest BCUT2D eigenvalue weighted by Crippen LogP contribution is -2.43. The smallest absolute Gasteiger partial charge is 0.242 e. The van der Waals surface area contributed by atoms with Gasteiger partial charge in [0.05, 0.1) is 15.9 Å². The van der Waals surface area contributed by atoms with Crippen molar-refractivity contribution in [2.75, 3.05) is 20.6 Å². The Kier molecular flexibility index (Phi) is 6.63. The Bertz CT molecular complexity index is 981. The Morgan fingerprint density at radius 1 is 1.24 bits per heavy atom. The van der Waals surface area contributed by atoms with E-state index < -0.39 is 10.0 Å². The van der Waals surface area contributed by atoms with Crippen LogP contribution in [0.2, 0.25) is 0 Å². The van der Waals surface area contributed by atoms with Gasteiger partial charge >= 0.3 is 0 Å². The molecule has 0 bridgehead atoms. The van der Waals surface area contributed by atoms with Crippen LogP contribution in [0.5, 0.6) is 0 Å². The molecule has 0 radical (unpaired) electrons. The molecular weight excluding hydrogens is 388 g/mol. The van der Waals surface area contributed by atoms with E-state index in [4.69, 9.17) is 0 Å².